The molecule has 2 aliphatic carbocycles. The van der Waals surface area contributed by atoms with Crippen LogP contribution in [0.2, 0.25) is 0 Å². The molecular weight excluding hydrogens is 340 g/mol. The van der Waals surface area contributed by atoms with Crippen LogP contribution < -0.4 is 0 Å². The molecule has 1 fully saturated rings. The van der Waals surface area contributed by atoms with Gasteiger partial charge in [0.25, 0.3) is 0 Å². The van der Waals surface area contributed by atoms with E-state index in [0.717, 1.165) is 30.0 Å². The van der Waals surface area contributed by atoms with E-state index in [-0.39, 0.29) is 12.0 Å². The highest BCUT2D eigenvalue weighted by atomic mass is 32.3. The van der Waals surface area contributed by atoms with Gasteiger partial charge in [-0.3, -0.25) is 9.35 Å². The maximum atomic E-state index is 12.3. The average molecular weight is 360 g/mol. The van der Waals surface area contributed by atoms with Crippen LogP contribution in [0, 0.1) is 5.41 Å². The zero-order valence-corrected chi connectivity index (χ0v) is 14.8. The molecule has 132 valence electrons. The smallest absolute Gasteiger partial charge is 0.299 e. The minimum Gasteiger partial charge on any atom is -0.299 e. The highest BCUT2D eigenvalue weighted by molar-refractivity contribution is 7.80. The van der Waals surface area contributed by atoms with Crippen molar-refractivity contribution in [3.63, 3.8) is 0 Å². The molecule has 0 unspecified atom stereocenters. The number of carbonyl (C=O) groups is 1. The quantitative estimate of drug-likeness (QED) is 0.847. The van der Waals surface area contributed by atoms with Crippen LogP contribution >= 0.6 is 0 Å². The maximum absolute atomic E-state index is 12.3. The van der Waals surface area contributed by atoms with Gasteiger partial charge in [-0.1, -0.05) is 31.2 Å². The van der Waals surface area contributed by atoms with Crippen molar-refractivity contribution in [1.29, 1.82) is 0 Å². The Balaban J connectivity index is 1.73. The Morgan fingerprint density at radius 2 is 2.04 bits per heavy atom. The molecular formula is C19H20O5S. The Hall–Kier alpha value is -1.76. The van der Waals surface area contributed by atoms with Gasteiger partial charge >= 0.3 is 10.4 Å². The van der Waals surface area contributed by atoms with Crippen LogP contribution in [0.5, 0.6) is 0 Å². The van der Waals surface area contributed by atoms with Crippen molar-refractivity contribution in [2.75, 3.05) is 0 Å². The highest BCUT2D eigenvalue weighted by Crippen LogP contribution is 2.54. The number of Topliss-reactive ketones (excluding diaryl/α,β-unsaturated/α-hetero) is 1. The second-order valence-corrected chi connectivity index (χ2v) is 8.40. The van der Waals surface area contributed by atoms with Crippen molar-refractivity contribution in [1.82, 2.24) is 0 Å². The molecule has 0 aromatic heterocycles. The maximum Gasteiger partial charge on any atom is 0.397 e. The van der Waals surface area contributed by atoms with Crippen molar-refractivity contribution in [3.8, 4) is 0 Å². The molecule has 6 heteroatoms. The van der Waals surface area contributed by atoms with Gasteiger partial charge in [0.05, 0.1) is 6.61 Å². The molecule has 2 aliphatic rings. The number of ketones is 1. The summed E-state index contributed by atoms with van der Waals surface area (Å²) < 4.78 is 34.6. The van der Waals surface area contributed by atoms with E-state index < -0.39 is 10.4 Å². The molecule has 0 saturated heterocycles. The van der Waals surface area contributed by atoms with Crippen molar-refractivity contribution >= 4 is 27.0 Å². The summed E-state index contributed by atoms with van der Waals surface area (Å²) in [5.41, 5.74) is 3.05. The fourth-order valence-electron chi connectivity index (χ4n) is 4.57. The van der Waals surface area contributed by atoms with Crippen LogP contribution in [0.25, 0.3) is 10.8 Å². The van der Waals surface area contributed by atoms with Crippen molar-refractivity contribution in [2.45, 2.75) is 45.1 Å². The number of fused-ring (bicyclic) bond motifs is 5. The van der Waals surface area contributed by atoms with Crippen LogP contribution in [0.15, 0.2) is 30.3 Å². The fourth-order valence-corrected chi connectivity index (χ4v) is 4.85. The van der Waals surface area contributed by atoms with E-state index in [2.05, 4.69) is 17.2 Å². The SMILES string of the molecule is C[C@]12CCc3c(ccc4cc(COS(=O)(=O)O)ccc34)[C@@H]1CCC2=O. The Kier molecular flexibility index (Phi) is 3.76. The van der Waals surface area contributed by atoms with Gasteiger partial charge in [0.1, 0.15) is 5.78 Å². The summed E-state index contributed by atoms with van der Waals surface area (Å²) in [6.07, 6.45) is 3.36. The van der Waals surface area contributed by atoms with Gasteiger partial charge in [-0.05, 0) is 58.7 Å². The van der Waals surface area contributed by atoms with Gasteiger partial charge in [-0.15, -0.1) is 0 Å². The Bertz CT molecular complexity index is 979. The second-order valence-electron chi connectivity index (χ2n) is 7.31. The molecule has 25 heavy (non-hydrogen) atoms. The summed E-state index contributed by atoms with van der Waals surface area (Å²) in [7, 11) is -4.44. The lowest BCUT2D eigenvalue weighted by Gasteiger charge is -2.37. The molecule has 5 nitrogen and oxygen atoms in total. The van der Waals surface area contributed by atoms with Crippen LogP contribution in [-0.4, -0.2) is 18.8 Å². The molecule has 1 saturated carbocycles. The van der Waals surface area contributed by atoms with E-state index in [1.807, 2.05) is 24.3 Å². The Labute approximate surface area is 146 Å². The summed E-state index contributed by atoms with van der Waals surface area (Å²) in [4.78, 5) is 12.3. The standard InChI is InChI=1S/C19H20O5S/c1-19-9-8-15-14-4-2-12(11-24-25(21,22)23)10-13(14)3-5-16(15)17(19)6-7-18(19)20/h2-5,10,17H,6-9,11H2,1H3,(H,21,22,23)/t17-,19-/m0/s1. The van der Waals surface area contributed by atoms with E-state index in [1.165, 1.54) is 11.1 Å². The molecule has 0 amide bonds. The van der Waals surface area contributed by atoms with Crippen LogP contribution in [0.1, 0.15) is 48.8 Å². The summed E-state index contributed by atoms with van der Waals surface area (Å²) in [6, 6.07) is 9.83. The van der Waals surface area contributed by atoms with E-state index in [1.54, 1.807) is 0 Å². The zero-order chi connectivity index (χ0) is 17.8. The molecule has 0 radical (unpaired) electrons. The monoisotopic (exact) mass is 360 g/mol. The van der Waals surface area contributed by atoms with Crippen LogP contribution in [-0.2, 0) is 32.4 Å². The summed E-state index contributed by atoms with van der Waals surface area (Å²) in [5.74, 6) is 0.691. The molecule has 0 heterocycles. The van der Waals surface area contributed by atoms with Gasteiger partial charge in [0.2, 0.25) is 0 Å². The van der Waals surface area contributed by atoms with Crippen LogP contribution in [0.3, 0.4) is 0 Å². The third-order valence-electron chi connectivity index (χ3n) is 5.94. The predicted octanol–water partition coefficient (Wildman–Crippen LogP) is 3.56. The van der Waals surface area contributed by atoms with Gasteiger partial charge < -0.3 is 0 Å². The Morgan fingerprint density at radius 3 is 2.80 bits per heavy atom. The molecule has 2 aromatic carbocycles. The third kappa shape index (κ3) is 2.78. The first kappa shape index (κ1) is 16.7. The first-order valence-corrected chi connectivity index (χ1v) is 9.84. The Morgan fingerprint density at radius 1 is 1.24 bits per heavy atom. The largest absolute Gasteiger partial charge is 0.397 e. The number of carbonyl (C=O) groups excluding carboxylic acids is 1. The lowest BCUT2D eigenvalue weighted by molar-refractivity contribution is -0.126. The molecule has 2 atom stereocenters. The third-order valence-corrected chi connectivity index (χ3v) is 6.36. The van der Waals surface area contributed by atoms with E-state index in [4.69, 9.17) is 4.55 Å². The molecule has 0 spiro atoms. The fraction of sp³-hybridized carbons (Fsp3) is 0.421. The number of benzene rings is 2. The molecule has 2 aromatic rings. The van der Waals surface area contributed by atoms with E-state index >= 15 is 0 Å². The van der Waals surface area contributed by atoms with E-state index in [9.17, 15) is 13.2 Å². The second kappa shape index (κ2) is 5.62. The van der Waals surface area contributed by atoms with Crippen molar-refractivity contribution < 1.29 is 21.9 Å². The predicted molar refractivity (Wildman–Crippen MR) is 93.7 cm³/mol. The number of hydrogen-bond donors (Lipinski definition) is 1. The minimum absolute atomic E-state index is 0.193. The summed E-state index contributed by atoms with van der Waals surface area (Å²) >= 11 is 0. The number of rotatable bonds is 3. The molecule has 0 bridgehead atoms. The zero-order valence-electron chi connectivity index (χ0n) is 14.0. The first-order valence-electron chi connectivity index (χ1n) is 8.47. The van der Waals surface area contributed by atoms with Gasteiger partial charge in [-0.25, -0.2) is 4.18 Å². The number of hydrogen-bond acceptors (Lipinski definition) is 4. The van der Waals surface area contributed by atoms with Gasteiger partial charge in [-0.2, -0.15) is 8.42 Å². The summed E-state index contributed by atoms with van der Waals surface area (Å²) in [6.45, 7) is 1.91. The van der Waals surface area contributed by atoms with Crippen molar-refractivity contribution in [3.05, 3.63) is 47.0 Å². The minimum atomic E-state index is -4.44. The van der Waals surface area contributed by atoms with Crippen molar-refractivity contribution in [2.24, 2.45) is 5.41 Å². The topological polar surface area (TPSA) is 80.7 Å². The van der Waals surface area contributed by atoms with Gasteiger partial charge in [0, 0.05) is 11.8 Å². The van der Waals surface area contributed by atoms with Gasteiger partial charge in [0.15, 0.2) is 0 Å². The van der Waals surface area contributed by atoms with Crippen LogP contribution in [0.4, 0.5) is 0 Å². The first-order chi connectivity index (χ1) is 11.8. The average Bonchev–Trinajstić information content (AvgIpc) is 2.87. The molecule has 1 N–H and O–H groups in total. The normalized spacial score (nSPS) is 25.8. The lowest BCUT2D eigenvalue weighted by Crippen LogP contribution is -2.32. The summed E-state index contributed by atoms with van der Waals surface area (Å²) in [5, 5.41) is 2.16. The molecule has 4 rings (SSSR count). The van der Waals surface area contributed by atoms with E-state index in [0.29, 0.717) is 23.7 Å². The molecule has 0 aliphatic heterocycles. The lowest BCUT2D eigenvalue weighted by atomic mass is 9.66. The highest BCUT2D eigenvalue weighted by Gasteiger charge is 2.49. The number of aryl methyl sites for hydroxylation is 1.